The Bertz CT molecular complexity index is 651. The number of rotatable bonds is 36. The molecule has 50 heavy (non-hydrogen) atoms. The van der Waals surface area contributed by atoms with Crippen LogP contribution in [0.25, 0.3) is 0 Å². The fourth-order valence-electron chi connectivity index (χ4n) is 5.58. The minimum atomic E-state index is -0.952. The van der Waals surface area contributed by atoms with E-state index in [-0.39, 0.29) is 32.0 Å². The average molecular weight is 715 g/mol. The van der Waals surface area contributed by atoms with Gasteiger partial charge in [-0.15, -0.1) is 0 Å². The predicted molar refractivity (Wildman–Crippen MR) is 203 cm³/mol. The molecular weight excluding hydrogens is 632 g/mol. The predicted octanol–water partition coefficient (Wildman–Crippen LogP) is 9.29. The van der Waals surface area contributed by atoms with Crippen LogP contribution in [-0.2, 0) is 19.1 Å². The number of ether oxygens (including phenoxy) is 1. The van der Waals surface area contributed by atoms with Crippen LogP contribution in [-0.4, -0.2) is 47.4 Å². The molecule has 0 aliphatic heterocycles. The topological polar surface area (TPSA) is 147 Å². The molecule has 0 radical (unpaired) electrons. The molecule has 0 bridgehead atoms. The van der Waals surface area contributed by atoms with E-state index >= 15 is 0 Å². The number of hydrogen-bond donors (Lipinski definition) is 2. The van der Waals surface area contributed by atoms with Gasteiger partial charge in [-0.2, -0.15) is 0 Å². The maximum absolute atomic E-state index is 11.3. The lowest BCUT2D eigenvalue weighted by Crippen LogP contribution is -2.21. The summed E-state index contributed by atoms with van der Waals surface area (Å²) >= 11 is 0. The van der Waals surface area contributed by atoms with Crippen molar-refractivity contribution in [1.29, 1.82) is 0 Å². The highest BCUT2D eigenvalue weighted by Gasteiger charge is 2.07. The number of carboxylic acid groups (broad SMARTS) is 2. The smallest absolute Gasteiger partial charge is 0.305 e. The minimum Gasteiger partial charge on any atom is -0.550 e. The summed E-state index contributed by atoms with van der Waals surface area (Å²) in [6.07, 6.45) is 37.0. The van der Waals surface area contributed by atoms with Crippen molar-refractivity contribution in [2.75, 3.05) is 13.2 Å². The Morgan fingerprint density at radius 2 is 0.680 bits per heavy atom. The second-order valence-corrected chi connectivity index (χ2v) is 14.1. The third kappa shape index (κ3) is 55.7. The zero-order chi connectivity index (χ0) is 37.8. The van der Waals surface area contributed by atoms with Gasteiger partial charge in [-0.05, 0) is 32.1 Å². The van der Waals surface area contributed by atoms with Crippen LogP contribution in [0.5, 0.6) is 0 Å². The zero-order valence-electron chi connectivity index (χ0n) is 33.2. The van der Waals surface area contributed by atoms with Crippen LogP contribution in [0, 0.1) is 0 Å². The van der Waals surface area contributed by atoms with Crippen LogP contribution in [0.2, 0.25) is 0 Å². The van der Waals surface area contributed by atoms with Crippen LogP contribution in [0.1, 0.15) is 233 Å². The first-order valence-electron chi connectivity index (χ1n) is 21.1. The number of aliphatic carboxylic acids is 2. The second-order valence-electron chi connectivity index (χ2n) is 14.1. The van der Waals surface area contributed by atoms with Crippen molar-refractivity contribution in [1.82, 2.24) is 0 Å². The fourth-order valence-corrected chi connectivity index (χ4v) is 5.58. The first-order chi connectivity index (χ1) is 24.2. The third-order valence-corrected chi connectivity index (χ3v) is 8.85. The van der Waals surface area contributed by atoms with Crippen molar-refractivity contribution in [2.24, 2.45) is 0 Å². The van der Waals surface area contributed by atoms with Crippen LogP contribution in [0.4, 0.5) is 0 Å². The molecule has 300 valence electrons. The van der Waals surface area contributed by atoms with Crippen LogP contribution in [0.3, 0.4) is 0 Å². The maximum atomic E-state index is 11.3. The highest BCUT2D eigenvalue weighted by atomic mass is 16.5. The van der Waals surface area contributed by atoms with Crippen molar-refractivity contribution in [3.05, 3.63) is 0 Å². The number of carboxylic acids is 2. The molecule has 0 aliphatic carbocycles. The van der Waals surface area contributed by atoms with Gasteiger partial charge in [-0.1, -0.05) is 194 Å². The highest BCUT2D eigenvalue weighted by molar-refractivity contribution is 5.69. The number of carbonyl (C=O) groups is 3. The van der Waals surface area contributed by atoms with Gasteiger partial charge in [0.25, 0.3) is 0 Å². The van der Waals surface area contributed by atoms with E-state index in [1.54, 1.807) is 0 Å². The number of carbonyl (C=O) groups excluding carboxylic acids is 3. The van der Waals surface area contributed by atoms with Gasteiger partial charge in [-0.25, -0.2) is 0 Å². The van der Waals surface area contributed by atoms with Gasteiger partial charge in [0.05, 0.1) is 6.61 Å². The van der Waals surface area contributed by atoms with Crippen molar-refractivity contribution in [3.8, 4) is 0 Å². The molecular formula is C42H82O8-2. The summed E-state index contributed by atoms with van der Waals surface area (Å²) in [5.74, 6) is -2.10. The number of aliphatic hydroxyl groups is 2. The number of esters is 1. The quantitative estimate of drug-likeness (QED) is 0.0482. The van der Waals surface area contributed by atoms with E-state index in [4.69, 9.17) is 14.9 Å². The van der Waals surface area contributed by atoms with Crippen molar-refractivity contribution in [3.63, 3.8) is 0 Å². The molecule has 0 saturated carbocycles. The van der Waals surface area contributed by atoms with Gasteiger partial charge in [0, 0.05) is 18.4 Å². The molecule has 0 aromatic rings. The summed E-state index contributed by atoms with van der Waals surface area (Å²) in [6, 6.07) is 0. The summed E-state index contributed by atoms with van der Waals surface area (Å²) in [6.45, 7) is 6.22. The first-order valence-corrected chi connectivity index (χ1v) is 21.1. The van der Waals surface area contributed by atoms with Gasteiger partial charge in [0.2, 0.25) is 0 Å². The Hall–Kier alpha value is -1.67. The second kappa shape index (κ2) is 47.3. The molecule has 0 rings (SSSR count). The SMILES string of the molecule is CCCCCCCCCCCCC(=O)OCC(O)CO.CCCCCCCCCCCCC(=O)[O-].CCCCCCCCCCCCC(=O)[O-]. The molecule has 0 heterocycles. The Kier molecular flexibility index (Phi) is 49.9. The summed E-state index contributed by atoms with van der Waals surface area (Å²) in [4.78, 5) is 31.5. The lowest BCUT2D eigenvalue weighted by atomic mass is 10.1. The van der Waals surface area contributed by atoms with E-state index in [0.717, 1.165) is 38.5 Å². The molecule has 0 saturated heterocycles. The lowest BCUT2D eigenvalue weighted by Gasteiger charge is -2.08. The number of aliphatic hydroxyl groups excluding tert-OH is 2. The number of hydrogen-bond acceptors (Lipinski definition) is 8. The lowest BCUT2D eigenvalue weighted by molar-refractivity contribution is -0.307. The minimum absolute atomic E-state index is 0.104. The summed E-state index contributed by atoms with van der Waals surface area (Å²) in [5.41, 5.74) is 0. The molecule has 0 aromatic heterocycles. The third-order valence-electron chi connectivity index (χ3n) is 8.85. The fraction of sp³-hybridized carbons (Fsp3) is 0.929. The van der Waals surface area contributed by atoms with Crippen LogP contribution in [0.15, 0.2) is 0 Å². The Labute approximate surface area is 308 Å². The number of unbranched alkanes of at least 4 members (excludes halogenated alkanes) is 27. The highest BCUT2D eigenvalue weighted by Crippen LogP contribution is 2.13. The summed E-state index contributed by atoms with van der Waals surface area (Å²) in [7, 11) is 0. The van der Waals surface area contributed by atoms with Crippen molar-refractivity contribution in [2.45, 2.75) is 239 Å². The van der Waals surface area contributed by atoms with E-state index in [0.29, 0.717) is 6.42 Å². The van der Waals surface area contributed by atoms with E-state index in [9.17, 15) is 24.6 Å². The van der Waals surface area contributed by atoms with Gasteiger partial charge in [-0.3, -0.25) is 4.79 Å². The van der Waals surface area contributed by atoms with Crippen molar-refractivity contribution >= 4 is 17.9 Å². The largest absolute Gasteiger partial charge is 0.550 e. The molecule has 1 atom stereocenters. The van der Waals surface area contributed by atoms with Crippen molar-refractivity contribution < 1.29 is 39.5 Å². The molecule has 0 aromatic carbocycles. The Morgan fingerprint density at radius 3 is 0.920 bits per heavy atom. The van der Waals surface area contributed by atoms with E-state index in [2.05, 4.69) is 20.8 Å². The Morgan fingerprint density at radius 1 is 0.440 bits per heavy atom. The van der Waals surface area contributed by atoms with E-state index in [1.807, 2.05) is 0 Å². The first kappa shape index (κ1) is 52.7. The normalized spacial score (nSPS) is 11.2. The van der Waals surface area contributed by atoms with Crippen LogP contribution >= 0.6 is 0 Å². The van der Waals surface area contributed by atoms with E-state index in [1.165, 1.54) is 154 Å². The molecule has 0 aliphatic rings. The van der Waals surface area contributed by atoms with Crippen LogP contribution < -0.4 is 10.2 Å². The molecule has 8 heteroatoms. The molecule has 2 N–H and O–H groups in total. The van der Waals surface area contributed by atoms with Gasteiger partial charge >= 0.3 is 5.97 Å². The monoisotopic (exact) mass is 715 g/mol. The molecule has 0 amide bonds. The zero-order valence-corrected chi connectivity index (χ0v) is 33.2. The Balaban J connectivity index is -0.000000674. The summed E-state index contributed by atoms with van der Waals surface area (Å²) in [5, 5.41) is 37.8. The average Bonchev–Trinajstić information content (AvgIpc) is 3.10. The summed E-state index contributed by atoms with van der Waals surface area (Å²) < 4.78 is 4.83. The van der Waals surface area contributed by atoms with Gasteiger partial charge in [0.15, 0.2) is 0 Å². The molecule has 1 unspecified atom stereocenters. The van der Waals surface area contributed by atoms with Gasteiger partial charge in [0.1, 0.15) is 12.7 Å². The van der Waals surface area contributed by atoms with E-state index < -0.39 is 18.0 Å². The van der Waals surface area contributed by atoms with Gasteiger partial charge < -0.3 is 34.8 Å². The molecule has 8 nitrogen and oxygen atoms in total. The maximum Gasteiger partial charge on any atom is 0.305 e. The molecule has 0 spiro atoms. The molecule has 0 fully saturated rings. The standard InChI is InChI=1S/C16H32O4.2C13H26O2/c1-2-3-4-5-6-7-8-9-10-11-12-16(19)20-14-15(18)13-17;2*1-2-3-4-5-6-7-8-9-10-11-12-13(14)15/h15,17-18H,2-14H2,1H3;2*2-12H2,1H3,(H,14,15)/p-2.